The second kappa shape index (κ2) is 6.49. The third-order valence-electron chi connectivity index (χ3n) is 2.24. The van der Waals surface area contributed by atoms with Crippen molar-refractivity contribution in [2.75, 3.05) is 11.9 Å². The summed E-state index contributed by atoms with van der Waals surface area (Å²) in [5.41, 5.74) is 2.15. The summed E-state index contributed by atoms with van der Waals surface area (Å²) in [6.45, 7) is 7.07. The van der Waals surface area contributed by atoms with E-state index in [1.54, 1.807) is 30.0 Å². The maximum atomic E-state index is 10.7. The molecule has 4 nitrogen and oxygen atoms in total. The lowest BCUT2D eigenvalue weighted by Gasteiger charge is -2.11. The zero-order valence-corrected chi connectivity index (χ0v) is 11.2. The van der Waals surface area contributed by atoms with Gasteiger partial charge < -0.3 is 5.32 Å². The van der Waals surface area contributed by atoms with Gasteiger partial charge in [-0.3, -0.25) is 10.1 Å². The van der Waals surface area contributed by atoms with Crippen molar-refractivity contribution in [3.05, 3.63) is 33.9 Å². The maximum absolute atomic E-state index is 10.7. The molecule has 0 spiro atoms. The van der Waals surface area contributed by atoms with Crippen LogP contribution in [-0.2, 0) is 5.75 Å². The summed E-state index contributed by atoms with van der Waals surface area (Å²) in [6.07, 6.45) is 0. The molecule has 0 heterocycles. The number of benzene rings is 1. The summed E-state index contributed by atoms with van der Waals surface area (Å²) in [5.74, 6) is 0.793. The van der Waals surface area contributed by atoms with E-state index in [1.807, 2.05) is 6.92 Å². The van der Waals surface area contributed by atoms with E-state index in [4.69, 9.17) is 0 Å². The van der Waals surface area contributed by atoms with Crippen LogP contribution < -0.4 is 5.32 Å². The molecule has 1 rings (SSSR count). The van der Waals surface area contributed by atoms with E-state index in [-0.39, 0.29) is 10.6 Å². The van der Waals surface area contributed by atoms with Crippen molar-refractivity contribution in [2.24, 2.45) is 0 Å². The minimum absolute atomic E-state index is 0.158. The molecule has 0 fully saturated rings. The Morgan fingerprint density at radius 1 is 1.47 bits per heavy atom. The maximum Gasteiger partial charge on any atom is 0.269 e. The van der Waals surface area contributed by atoms with Gasteiger partial charge in [0.05, 0.1) is 4.92 Å². The van der Waals surface area contributed by atoms with Crippen LogP contribution in [0.15, 0.2) is 18.2 Å². The molecule has 1 N–H and O–H groups in total. The van der Waals surface area contributed by atoms with Crippen LogP contribution in [0.1, 0.15) is 26.3 Å². The number of nitrogens with one attached hydrogen (secondary N) is 1. The predicted molar refractivity (Wildman–Crippen MR) is 73.7 cm³/mol. The van der Waals surface area contributed by atoms with Crippen LogP contribution in [0.4, 0.5) is 11.4 Å². The molecule has 0 bridgehead atoms. The van der Waals surface area contributed by atoms with Crippen LogP contribution >= 0.6 is 11.8 Å². The first-order chi connectivity index (χ1) is 8.04. The summed E-state index contributed by atoms with van der Waals surface area (Å²) < 4.78 is 0. The van der Waals surface area contributed by atoms with E-state index in [2.05, 4.69) is 19.2 Å². The van der Waals surface area contributed by atoms with E-state index in [9.17, 15) is 10.1 Å². The van der Waals surface area contributed by atoms with Gasteiger partial charge in [-0.2, -0.15) is 11.8 Å². The Morgan fingerprint density at radius 2 is 2.18 bits per heavy atom. The largest absolute Gasteiger partial charge is 0.385 e. The molecule has 0 amide bonds. The molecular weight excluding hydrogens is 236 g/mol. The number of nitro benzene ring substituents is 1. The average Bonchev–Trinajstić information content (AvgIpc) is 2.27. The van der Waals surface area contributed by atoms with Gasteiger partial charge in [0.1, 0.15) is 0 Å². The standard InChI is InChI=1S/C12H18N2O2S/c1-4-13-12-6-5-11(14(15)16)7-10(12)8-17-9(2)3/h5-7,9,13H,4,8H2,1-3H3. The minimum atomic E-state index is -0.348. The van der Waals surface area contributed by atoms with Crippen LogP contribution in [0.3, 0.4) is 0 Å². The summed E-state index contributed by atoms with van der Waals surface area (Å²) in [6, 6.07) is 4.99. The van der Waals surface area contributed by atoms with Crippen molar-refractivity contribution in [1.29, 1.82) is 0 Å². The molecule has 17 heavy (non-hydrogen) atoms. The second-order valence-electron chi connectivity index (χ2n) is 3.99. The second-order valence-corrected chi connectivity index (χ2v) is 5.55. The monoisotopic (exact) mass is 254 g/mol. The van der Waals surface area contributed by atoms with Crippen LogP contribution in [0.25, 0.3) is 0 Å². The van der Waals surface area contributed by atoms with Crippen LogP contribution in [-0.4, -0.2) is 16.7 Å². The Bertz CT molecular complexity index is 394. The van der Waals surface area contributed by atoms with E-state index in [0.717, 1.165) is 23.5 Å². The van der Waals surface area contributed by atoms with Crippen LogP contribution in [0.5, 0.6) is 0 Å². The Balaban J connectivity index is 2.93. The highest BCUT2D eigenvalue weighted by Crippen LogP contribution is 2.27. The van der Waals surface area contributed by atoms with Gasteiger partial charge in [0.25, 0.3) is 5.69 Å². The smallest absolute Gasteiger partial charge is 0.269 e. The summed E-state index contributed by atoms with van der Waals surface area (Å²) in [4.78, 5) is 10.4. The third-order valence-corrected chi connectivity index (χ3v) is 3.38. The molecule has 0 aliphatic carbocycles. The highest BCUT2D eigenvalue weighted by molar-refractivity contribution is 7.99. The number of anilines is 1. The summed E-state index contributed by atoms with van der Waals surface area (Å²) >= 11 is 1.78. The predicted octanol–water partition coefficient (Wildman–Crippen LogP) is 3.67. The van der Waals surface area contributed by atoms with E-state index >= 15 is 0 Å². The molecule has 0 aromatic heterocycles. The number of non-ortho nitro benzene ring substituents is 1. The first-order valence-corrected chi connectivity index (χ1v) is 6.72. The molecule has 0 saturated heterocycles. The number of hydrogen-bond donors (Lipinski definition) is 1. The minimum Gasteiger partial charge on any atom is -0.385 e. The number of nitro groups is 1. The number of rotatable bonds is 6. The van der Waals surface area contributed by atoms with Gasteiger partial charge in [0, 0.05) is 30.1 Å². The molecule has 1 aromatic rings. The van der Waals surface area contributed by atoms with Crippen molar-refractivity contribution in [2.45, 2.75) is 31.8 Å². The first kappa shape index (κ1) is 13.8. The number of nitrogens with zero attached hydrogens (tertiary/aromatic N) is 1. The lowest BCUT2D eigenvalue weighted by atomic mass is 10.2. The Kier molecular flexibility index (Phi) is 5.28. The molecule has 0 radical (unpaired) electrons. The van der Waals surface area contributed by atoms with Gasteiger partial charge in [-0.15, -0.1) is 0 Å². The van der Waals surface area contributed by atoms with Gasteiger partial charge in [0.15, 0.2) is 0 Å². The SMILES string of the molecule is CCNc1ccc([N+](=O)[O-])cc1CSC(C)C. The highest BCUT2D eigenvalue weighted by Gasteiger charge is 2.10. The quantitative estimate of drug-likeness (QED) is 0.621. The lowest BCUT2D eigenvalue weighted by Crippen LogP contribution is -2.02. The van der Waals surface area contributed by atoms with Crippen LogP contribution in [0, 0.1) is 10.1 Å². The number of hydrogen-bond acceptors (Lipinski definition) is 4. The van der Waals surface area contributed by atoms with E-state index in [0.29, 0.717) is 5.25 Å². The zero-order valence-electron chi connectivity index (χ0n) is 10.4. The Morgan fingerprint density at radius 3 is 2.71 bits per heavy atom. The first-order valence-electron chi connectivity index (χ1n) is 5.67. The van der Waals surface area contributed by atoms with E-state index < -0.39 is 0 Å². The molecule has 5 heteroatoms. The molecule has 0 aliphatic rings. The fourth-order valence-corrected chi connectivity index (χ4v) is 2.18. The molecule has 94 valence electrons. The van der Waals surface area contributed by atoms with Crippen LogP contribution in [0.2, 0.25) is 0 Å². The number of thioether (sulfide) groups is 1. The molecule has 0 atom stereocenters. The van der Waals surface area contributed by atoms with Crippen molar-refractivity contribution < 1.29 is 4.92 Å². The van der Waals surface area contributed by atoms with Gasteiger partial charge in [0.2, 0.25) is 0 Å². The average molecular weight is 254 g/mol. The topological polar surface area (TPSA) is 55.2 Å². The van der Waals surface area contributed by atoms with Gasteiger partial charge in [-0.05, 0) is 23.8 Å². The van der Waals surface area contributed by atoms with Gasteiger partial charge in [-0.25, -0.2) is 0 Å². The molecule has 1 aromatic carbocycles. The summed E-state index contributed by atoms with van der Waals surface area (Å²) in [7, 11) is 0. The van der Waals surface area contributed by atoms with Gasteiger partial charge in [-0.1, -0.05) is 13.8 Å². The fourth-order valence-electron chi connectivity index (χ4n) is 1.43. The normalized spacial score (nSPS) is 10.6. The van der Waals surface area contributed by atoms with E-state index in [1.165, 1.54) is 0 Å². The van der Waals surface area contributed by atoms with Crippen molar-refractivity contribution in [1.82, 2.24) is 0 Å². The molecule has 0 unspecified atom stereocenters. The van der Waals surface area contributed by atoms with Crippen molar-refractivity contribution >= 4 is 23.1 Å². The Labute approximate surface area is 106 Å². The van der Waals surface area contributed by atoms with Crippen molar-refractivity contribution in [3.8, 4) is 0 Å². The fraction of sp³-hybridized carbons (Fsp3) is 0.500. The molecule has 0 aliphatic heterocycles. The highest BCUT2D eigenvalue weighted by atomic mass is 32.2. The zero-order chi connectivity index (χ0) is 12.8. The third kappa shape index (κ3) is 4.26. The molecule has 0 saturated carbocycles. The molecular formula is C12H18N2O2S. The summed E-state index contributed by atoms with van der Waals surface area (Å²) in [5, 5.41) is 14.5. The lowest BCUT2D eigenvalue weighted by molar-refractivity contribution is -0.384. The van der Waals surface area contributed by atoms with Crippen molar-refractivity contribution in [3.63, 3.8) is 0 Å². The Hall–Kier alpha value is -1.23. The van der Waals surface area contributed by atoms with Gasteiger partial charge >= 0.3 is 0 Å².